The Kier molecular flexibility index (Phi) is 8.33. The van der Waals surface area contributed by atoms with E-state index in [-0.39, 0.29) is 0 Å². The van der Waals surface area contributed by atoms with Gasteiger partial charge in [-0.15, -0.1) is 0 Å². The van der Waals surface area contributed by atoms with E-state index in [1.165, 1.54) is 0 Å². The monoisotopic (exact) mass is 313 g/mol. The summed E-state index contributed by atoms with van der Waals surface area (Å²) in [6, 6.07) is 0. The molecule has 1 rings (SSSR count). The first-order valence-corrected chi connectivity index (χ1v) is 8.49. The lowest BCUT2D eigenvalue weighted by Crippen LogP contribution is -2.26. The van der Waals surface area contributed by atoms with Crippen molar-refractivity contribution < 1.29 is 0 Å². The number of rotatable bonds is 10. The zero-order valence-corrected chi connectivity index (χ0v) is 14.3. The van der Waals surface area contributed by atoms with Crippen molar-refractivity contribution in [1.82, 2.24) is 19.9 Å². The number of hydrazine groups is 1. The fraction of sp³-hybridized carbons (Fsp3) is 0.769. The normalized spacial score (nSPS) is 11.0. The van der Waals surface area contributed by atoms with Crippen LogP contribution < -0.4 is 16.2 Å². The van der Waals surface area contributed by atoms with E-state index in [0.29, 0.717) is 17.1 Å². The molecule has 1 aromatic heterocycles. The van der Waals surface area contributed by atoms with Crippen LogP contribution in [0.25, 0.3) is 0 Å². The molecule has 1 aromatic rings. The highest BCUT2D eigenvalue weighted by Crippen LogP contribution is 2.18. The molecule has 0 spiro atoms. The molecule has 0 radical (unpaired) electrons. The van der Waals surface area contributed by atoms with Gasteiger partial charge in [-0.05, 0) is 26.9 Å². The highest BCUT2D eigenvalue weighted by Gasteiger charge is 2.11. The molecule has 0 fully saturated rings. The Morgan fingerprint density at radius 1 is 1.00 bits per heavy atom. The van der Waals surface area contributed by atoms with Crippen molar-refractivity contribution >= 4 is 23.7 Å². The van der Waals surface area contributed by atoms with E-state index in [1.54, 1.807) is 11.8 Å². The molecule has 0 aliphatic heterocycles. The molecule has 120 valence electrons. The molecule has 21 heavy (non-hydrogen) atoms. The Balaban J connectivity index is 2.74. The summed E-state index contributed by atoms with van der Waals surface area (Å²) in [6.45, 7) is 13.4. The van der Waals surface area contributed by atoms with Crippen molar-refractivity contribution in [2.24, 2.45) is 5.84 Å². The second-order valence-electron chi connectivity index (χ2n) is 4.43. The van der Waals surface area contributed by atoms with Crippen molar-refractivity contribution in [1.29, 1.82) is 0 Å². The molecule has 7 nitrogen and oxygen atoms in total. The fourth-order valence-electron chi connectivity index (χ4n) is 1.93. The molecule has 0 saturated carbocycles. The van der Waals surface area contributed by atoms with Gasteiger partial charge in [0.2, 0.25) is 11.9 Å². The van der Waals surface area contributed by atoms with E-state index in [9.17, 15) is 0 Å². The zero-order valence-electron chi connectivity index (χ0n) is 13.5. The molecule has 0 aromatic carbocycles. The van der Waals surface area contributed by atoms with Gasteiger partial charge in [-0.1, -0.05) is 25.6 Å². The summed E-state index contributed by atoms with van der Waals surface area (Å²) in [4.78, 5) is 17.6. The minimum Gasteiger partial charge on any atom is -0.341 e. The Bertz CT molecular complexity index is 408. The van der Waals surface area contributed by atoms with Gasteiger partial charge in [0, 0.05) is 25.4 Å². The molecule has 0 aliphatic carbocycles. The van der Waals surface area contributed by atoms with Gasteiger partial charge in [-0.25, -0.2) is 5.84 Å². The van der Waals surface area contributed by atoms with Gasteiger partial charge in [0.05, 0.1) is 0 Å². The van der Waals surface area contributed by atoms with Crippen LogP contribution in [0, 0.1) is 0 Å². The standard InChI is InChI=1S/C13H27N7S/c1-5-19(6-2)9-10-21-13-16-11(18-14)15-12(17-13)20(7-3)8-4/h5-10,14H2,1-4H3,(H,15,16,17,18). The van der Waals surface area contributed by atoms with Crippen molar-refractivity contribution in [2.75, 3.05) is 48.8 Å². The van der Waals surface area contributed by atoms with Crippen LogP contribution in [0.5, 0.6) is 0 Å². The molecule has 0 saturated heterocycles. The van der Waals surface area contributed by atoms with Crippen molar-refractivity contribution in [3.63, 3.8) is 0 Å². The summed E-state index contributed by atoms with van der Waals surface area (Å²) in [5.41, 5.74) is 2.52. The first-order valence-electron chi connectivity index (χ1n) is 7.51. The average molecular weight is 313 g/mol. The SMILES string of the molecule is CCN(CC)CCSc1nc(NN)nc(N(CC)CC)n1. The number of nitrogen functional groups attached to an aromatic ring is 1. The molecule has 0 atom stereocenters. The Hall–Kier alpha value is -1.12. The smallest absolute Gasteiger partial charge is 0.242 e. The number of nitrogens with one attached hydrogen (secondary N) is 1. The summed E-state index contributed by atoms with van der Waals surface area (Å²) in [6.07, 6.45) is 0. The molecule has 0 amide bonds. The van der Waals surface area contributed by atoms with Gasteiger partial charge in [-0.2, -0.15) is 15.0 Å². The molecule has 0 bridgehead atoms. The maximum Gasteiger partial charge on any atom is 0.242 e. The van der Waals surface area contributed by atoms with E-state index in [2.05, 4.69) is 57.9 Å². The minimum absolute atomic E-state index is 0.414. The van der Waals surface area contributed by atoms with Gasteiger partial charge in [0.15, 0.2) is 5.16 Å². The van der Waals surface area contributed by atoms with Crippen LogP contribution in [0.15, 0.2) is 5.16 Å². The van der Waals surface area contributed by atoms with Crippen LogP contribution in [0.4, 0.5) is 11.9 Å². The lowest BCUT2D eigenvalue weighted by molar-refractivity contribution is 0.324. The average Bonchev–Trinajstić information content (AvgIpc) is 2.52. The molecule has 1 heterocycles. The van der Waals surface area contributed by atoms with Gasteiger partial charge in [0.1, 0.15) is 0 Å². The van der Waals surface area contributed by atoms with E-state index in [1.807, 2.05) is 0 Å². The first kappa shape index (κ1) is 17.9. The van der Waals surface area contributed by atoms with Crippen molar-refractivity contribution in [3.05, 3.63) is 0 Å². The summed E-state index contributed by atoms with van der Waals surface area (Å²) < 4.78 is 0. The lowest BCUT2D eigenvalue weighted by atomic mass is 10.5. The number of hydrogen-bond donors (Lipinski definition) is 2. The van der Waals surface area contributed by atoms with Gasteiger partial charge in [-0.3, -0.25) is 5.43 Å². The van der Waals surface area contributed by atoms with Crippen LogP contribution >= 0.6 is 11.8 Å². The van der Waals surface area contributed by atoms with Crippen LogP contribution in [-0.2, 0) is 0 Å². The van der Waals surface area contributed by atoms with Crippen molar-refractivity contribution in [3.8, 4) is 0 Å². The predicted molar refractivity (Wildman–Crippen MR) is 89.7 cm³/mol. The maximum absolute atomic E-state index is 5.45. The second-order valence-corrected chi connectivity index (χ2v) is 5.50. The van der Waals surface area contributed by atoms with E-state index in [0.717, 1.165) is 38.5 Å². The van der Waals surface area contributed by atoms with Crippen LogP contribution in [0.1, 0.15) is 27.7 Å². The largest absolute Gasteiger partial charge is 0.341 e. The zero-order chi connectivity index (χ0) is 15.7. The van der Waals surface area contributed by atoms with Crippen molar-refractivity contribution in [2.45, 2.75) is 32.9 Å². The summed E-state index contributed by atoms with van der Waals surface area (Å²) in [7, 11) is 0. The van der Waals surface area contributed by atoms with E-state index >= 15 is 0 Å². The molecular weight excluding hydrogens is 286 g/mol. The Morgan fingerprint density at radius 2 is 1.67 bits per heavy atom. The maximum atomic E-state index is 5.45. The fourth-order valence-corrected chi connectivity index (χ4v) is 2.76. The summed E-state index contributed by atoms with van der Waals surface area (Å²) in [5, 5.41) is 0.715. The second kappa shape index (κ2) is 9.75. The van der Waals surface area contributed by atoms with Crippen LogP contribution in [0.3, 0.4) is 0 Å². The number of anilines is 2. The first-order chi connectivity index (χ1) is 10.2. The quantitative estimate of drug-likeness (QED) is 0.381. The van der Waals surface area contributed by atoms with Gasteiger partial charge < -0.3 is 9.80 Å². The van der Waals surface area contributed by atoms with Crippen LogP contribution in [0.2, 0.25) is 0 Å². The van der Waals surface area contributed by atoms with E-state index in [4.69, 9.17) is 5.84 Å². The highest BCUT2D eigenvalue weighted by molar-refractivity contribution is 7.99. The third-order valence-corrected chi connectivity index (χ3v) is 4.14. The molecular formula is C13H27N7S. The van der Waals surface area contributed by atoms with E-state index < -0.39 is 0 Å². The molecule has 0 aliphatic rings. The molecule has 3 N–H and O–H groups in total. The molecule has 0 unspecified atom stereocenters. The number of nitrogens with two attached hydrogens (primary N) is 1. The number of nitrogens with zero attached hydrogens (tertiary/aromatic N) is 5. The van der Waals surface area contributed by atoms with Crippen LogP contribution in [-0.4, -0.2) is 58.3 Å². The third-order valence-electron chi connectivity index (χ3n) is 3.31. The summed E-state index contributed by atoms with van der Waals surface area (Å²) >= 11 is 1.64. The highest BCUT2D eigenvalue weighted by atomic mass is 32.2. The number of aromatic nitrogens is 3. The predicted octanol–water partition coefficient (Wildman–Crippen LogP) is 1.44. The summed E-state index contributed by atoms with van der Waals surface area (Å²) in [5.74, 6) is 7.49. The lowest BCUT2D eigenvalue weighted by Gasteiger charge is -2.19. The Labute approximate surface area is 131 Å². The minimum atomic E-state index is 0.414. The van der Waals surface area contributed by atoms with Gasteiger partial charge >= 0.3 is 0 Å². The van der Waals surface area contributed by atoms with Gasteiger partial charge in [0.25, 0.3) is 0 Å². The topological polar surface area (TPSA) is 83.2 Å². The molecule has 8 heteroatoms. The third kappa shape index (κ3) is 5.64. The Morgan fingerprint density at radius 3 is 2.19 bits per heavy atom. The number of hydrogen-bond acceptors (Lipinski definition) is 8. The number of thioether (sulfide) groups is 1.